The Bertz CT molecular complexity index is 199. The van der Waals surface area contributed by atoms with Gasteiger partial charge in [0.2, 0.25) is 5.91 Å². The minimum absolute atomic E-state index is 0.0512. The van der Waals surface area contributed by atoms with Gasteiger partial charge >= 0.3 is 7.62 Å². The Balaban J connectivity index is 2.15. The van der Waals surface area contributed by atoms with Gasteiger partial charge in [-0.2, -0.15) is 0 Å². The van der Waals surface area contributed by atoms with Crippen LogP contribution < -0.4 is 10.5 Å². The first-order chi connectivity index (χ1) is 7.26. The standard InChI is InChI=1S/C9H17BClN2O2/c1-15-10-13-8-4-2-7(3-5-8)12-9(14)6-11/h7-8,13H,2-6H2,1H3,(H,12,14). The zero-order valence-corrected chi connectivity index (χ0v) is 9.72. The zero-order chi connectivity index (χ0) is 11.1. The van der Waals surface area contributed by atoms with Gasteiger partial charge in [0.05, 0.1) is 0 Å². The first-order valence-corrected chi connectivity index (χ1v) is 5.75. The molecule has 1 amide bonds. The predicted octanol–water partition coefficient (Wildman–Crippen LogP) is 0.423. The van der Waals surface area contributed by atoms with E-state index in [9.17, 15) is 4.79 Å². The Hall–Kier alpha value is -0.255. The van der Waals surface area contributed by atoms with E-state index >= 15 is 0 Å². The summed E-state index contributed by atoms with van der Waals surface area (Å²) in [6.45, 7) is 0. The molecule has 1 aliphatic carbocycles. The van der Waals surface area contributed by atoms with Gasteiger partial charge in [0.25, 0.3) is 0 Å². The van der Waals surface area contributed by atoms with Crippen LogP contribution in [-0.4, -0.2) is 38.6 Å². The van der Waals surface area contributed by atoms with E-state index in [1.807, 2.05) is 0 Å². The average Bonchev–Trinajstić information content (AvgIpc) is 2.28. The van der Waals surface area contributed by atoms with Crippen LogP contribution in [0.1, 0.15) is 25.7 Å². The van der Waals surface area contributed by atoms with Crippen LogP contribution in [0, 0.1) is 0 Å². The molecule has 0 spiro atoms. The van der Waals surface area contributed by atoms with Crippen LogP contribution in [0.25, 0.3) is 0 Å². The van der Waals surface area contributed by atoms with E-state index in [2.05, 4.69) is 10.5 Å². The lowest BCUT2D eigenvalue weighted by molar-refractivity contribution is -0.119. The molecule has 1 saturated carbocycles. The fourth-order valence-corrected chi connectivity index (χ4v) is 1.91. The molecule has 6 heteroatoms. The quantitative estimate of drug-likeness (QED) is 0.533. The zero-order valence-electron chi connectivity index (χ0n) is 8.96. The Morgan fingerprint density at radius 3 is 2.53 bits per heavy atom. The van der Waals surface area contributed by atoms with Crippen LogP contribution in [0.5, 0.6) is 0 Å². The molecule has 0 heterocycles. The topological polar surface area (TPSA) is 50.4 Å². The van der Waals surface area contributed by atoms with Crippen molar-refractivity contribution in [2.24, 2.45) is 0 Å². The molecule has 0 saturated heterocycles. The lowest BCUT2D eigenvalue weighted by Gasteiger charge is -2.29. The number of hydrogen-bond donors (Lipinski definition) is 2. The van der Waals surface area contributed by atoms with Gasteiger partial charge in [-0.25, -0.2) is 0 Å². The number of rotatable bonds is 5. The Morgan fingerprint density at radius 1 is 1.40 bits per heavy atom. The van der Waals surface area contributed by atoms with Crippen molar-refractivity contribution in [1.29, 1.82) is 0 Å². The van der Waals surface area contributed by atoms with E-state index in [1.54, 1.807) is 14.7 Å². The van der Waals surface area contributed by atoms with E-state index in [1.165, 1.54) is 0 Å². The number of halogens is 1. The molecular weight excluding hydrogens is 214 g/mol. The van der Waals surface area contributed by atoms with Crippen LogP contribution in [0.2, 0.25) is 0 Å². The molecule has 0 aliphatic heterocycles. The number of carbonyl (C=O) groups excluding carboxylic acids is 1. The molecule has 0 aromatic heterocycles. The third-order valence-electron chi connectivity index (χ3n) is 2.64. The van der Waals surface area contributed by atoms with Gasteiger partial charge in [-0.3, -0.25) is 4.79 Å². The van der Waals surface area contributed by atoms with Crippen molar-refractivity contribution >= 4 is 25.1 Å². The maximum atomic E-state index is 11.0. The third kappa shape index (κ3) is 4.86. The lowest BCUT2D eigenvalue weighted by atomic mass is 9.90. The predicted molar refractivity (Wildman–Crippen MR) is 60.8 cm³/mol. The van der Waals surface area contributed by atoms with Crippen LogP contribution in [-0.2, 0) is 9.45 Å². The maximum absolute atomic E-state index is 11.0. The summed E-state index contributed by atoms with van der Waals surface area (Å²) >= 11 is 5.42. The highest BCUT2D eigenvalue weighted by atomic mass is 35.5. The van der Waals surface area contributed by atoms with Gasteiger partial charge in [0.1, 0.15) is 5.88 Å². The molecule has 1 fully saturated rings. The summed E-state index contributed by atoms with van der Waals surface area (Å²) in [6, 6.07) is 0.756. The van der Waals surface area contributed by atoms with Crippen LogP contribution in [0.15, 0.2) is 0 Å². The van der Waals surface area contributed by atoms with Crippen molar-refractivity contribution in [3.05, 3.63) is 0 Å². The molecule has 0 unspecified atom stereocenters. The van der Waals surface area contributed by atoms with Crippen molar-refractivity contribution in [1.82, 2.24) is 10.5 Å². The third-order valence-corrected chi connectivity index (χ3v) is 2.88. The largest absolute Gasteiger partial charge is 0.427 e. The highest BCUT2D eigenvalue weighted by Crippen LogP contribution is 2.18. The summed E-state index contributed by atoms with van der Waals surface area (Å²) in [5.41, 5.74) is 0. The van der Waals surface area contributed by atoms with Crippen molar-refractivity contribution in [2.75, 3.05) is 13.0 Å². The fourth-order valence-electron chi connectivity index (χ4n) is 1.83. The number of alkyl halides is 1. The van der Waals surface area contributed by atoms with Gasteiger partial charge in [-0.05, 0) is 31.7 Å². The second-order valence-corrected chi connectivity index (χ2v) is 4.04. The number of carbonyl (C=O) groups is 1. The molecule has 1 radical (unpaired) electrons. The van der Waals surface area contributed by atoms with Crippen LogP contribution in [0.4, 0.5) is 0 Å². The summed E-state index contributed by atoms with van der Waals surface area (Å²) in [6.07, 6.45) is 4.09. The number of amides is 1. The summed E-state index contributed by atoms with van der Waals surface area (Å²) in [5.74, 6) is -0.0214. The highest BCUT2D eigenvalue weighted by molar-refractivity contribution is 6.27. The number of nitrogens with one attached hydrogen (secondary N) is 2. The molecule has 85 valence electrons. The number of hydrogen-bond acceptors (Lipinski definition) is 3. The van der Waals surface area contributed by atoms with Gasteiger partial charge in [0, 0.05) is 13.2 Å². The van der Waals surface area contributed by atoms with E-state index < -0.39 is 0 Å². The molecule has 1 rings (SSSR count). The molecule has 0 atom stereocenters. The summed E-state index contributed by atoms with van der Waals surface area (Å²) < 4.78 is 4.83. The van der Waals surface area contributed by atoms with Gasteiger partial charge in [0.15, 0.2) is 0 Å². The van der Waals surface area contributed by atoms with Gasteiger partial charge in [-0.15, -0.1) is 11.6 Å². The van der Waals surface area contributed by atoms with E-state index in [-0.39, 0.29) is 17.8 Å². The Labute approximate surface area is 96.4 Å². The fraction of sp³-hybridized carbons (Fsp3) is 0.889. The maximum Gasteiger partial charge on any atom is 0.395 e. The van der Waals surface area contributed by atoms with Crippen molar-refractivity contribution in [2.45, 2.75) is 37.8 Å². The Kier molecular flexibility index (Phi) is 6.06. The monoisotopic (exact) mass is 231 g/mol. The van der Waals surface area contributed by atoms with Crippen molar-refractivity contribution in [3.63, 3.8) is 0 Å². The second-order valence-electron chi connectivity index (χ2n) is 3.77. The molecule has 4 nitrogen and oxygen atoms in total. The van der Waals surface area contributed by atoms with Crippen molar-refractivity contribution in [3.8, 4) is 0 Å². The van der Waals surface area contributed by atoms with Gasteiger partial charge in [-0.1, -0.05) is 0 Å². The van der Waals surface area contributed by atoms with E-state index in [0.717, 1.165) is 25.7 Å². The minimum atomic E-state index is -0.0727. The van der Waals surface area contributed by atoms with Gasteiger partial charge < -0.3 is 15.2 Å². The van der Waals surface area contributed by atoms with Crippen molar-refractivity contribution < 1.29 is 9.45 Å². The molecule has 0 aromatic rings. The lowest BCUT2D eigenvalue weighted by Crippen LogP contribution is -2.43. The van der Waals surface area contributed by atoms with Crippen LogP contribution in [0.3, 0.4) is 0 Å². The average molecular weight is 232 g/mol. The molecule has 0 aromatic carbocycles. The molecule has 1 aliphatic rings. The first-order valence-electron chi connectivity index (χ1n) is 5.22. The SMILES string of the molecule is CO[B]NC1CCC(NC(=O)CCl)CC1. The normalized spacial score (nSPS) is 26.0. The summed E-state index contributed by atoms with van der Waals surface area (Å²) in [5, 5.41) is 6.08. The minimum Gasteiger partial charge on any atom is -0.427 e. The summed E-state index contributed by atoms with van der Waals surface area (Å²) in [7, 11) is 3.24. The van der Waals surface area contributed by atoms with E-state index in [4.69, 9.17) is 16.3 Å². The van der Waals surface area contributed by atoms with E-state index in [0.29, 0.717) is 6.04 Å². The Morgan fingerprint density at radius 2 is 2.00 bits per heavy atom. The first kappa shape index (κ1) is 12.8. The van der Waals surface area contributed by atoms with Crippen LogP contribution >= 0.6 is 11.6 Å². The molecule has 0 bridgehead atoms. The summed E-state index contributed by atoms with van der Waals surface area (Å²) in [4.78, 5) is 11.0. The molecule has 15 heavy (non-hydrogen) atoms. The molecule has 2 N–H and O–H groups in total. The molecular formula is C9H17BClN2O2. The smallest absolute Gasteiger partial charge is 0.395 e. The highest BCUT2D eigenvalue weighted by Gasteiger charge is 2.21. The second kappa shape index (κ2) is 7.09.